The molecule has 4 nitrogen and oxygen atoms in total. The maximum Gasteiger partial charge on any atom is 0.130 e. The van der Waals surface area contributed by atoms with Gasteiger partial charge in [-0.3, -0.25) is 4.98 Å². The van der Waals surface area contributed by atoms with E-state index >= 15 is 0 Å². The second-order valence-electron chi connectivity index (χ2n) is 4.48. The predicted octanol–water partition coefficient (Wildman–Crippen LogP) is 2.37. The summed E-state index contributed by atoms with van der Waals surface area (Å²) in [7, 11) is 0. The van der Waals surface area contributed by atoms with Crippen molar-refractivity contribution in [2.24, 2.45) is 0 Å². The second kappa shape index (κ2) is 4.82. The van der Waals surface area contributed by atoms with E-state index in [4.69, 9.17) is 15.2 Å². The Kier molecular flexibility index (Phi) is 3.02. The van der Waals surface area contributed by atoms with Gasteiger partial charge in [-0.05, 0) is 18.2 Å². The molecule has 1 aliphatic rings. The molecule has 0 spiro atoms. The molecule has 0 amide bonds. The summed E-state index contributed by atoms with van der Waals surface area (Å²) >= 11 is 0. The number of benzene rings is 1. The van der Waals surface area contributed by atoms with Crippen molar-refractivity contribution >= 4 is 16.6 Å². The number of rotatable bonds is 2. The highest BCUT2D eigenvalue weighted by molar-refractivity contribution is 5.93. The van der Waals surface area contributed by atoms with Crippen LogP contribution in [0.15, 0.2) is 30.5 Å². The van der Waals surface area contributed by atoms with E-state index < -0.39 is 0 Å². The Morgan fingerprint density at radius 1 is 1.22 bits per heavy atom. The summed E-state index contributed by atoms with van der Waals surface area (Å²) in [6, 6.07) is 7.67. The number of nitrogen functional groups attached to an aromatic ring is 1. The first-order valence-corrected chi connectivity index (χ1v) is 6.22. The lowest BCUT2D eigenvalue weighted by atomic mass is 10.1. The Labute approximate surface area is 106 Å². The van der Waals surface area contributed by atoms with E-state index in [9.17, 15) is 0 Å². The molecule has 1 saturated heterocycles. The van der Waals surface area contributed by atoms with Crippen molar-refractivity contribution in [2.45, 2.75) is 18.9 Å². The molecule has 0 saturated carbocycles. The van der Waals surface area contributed by atoms with Gasteiger partial charge in [-0.1, -0.05) is 6.07 Å². The largest absolute Gasteiger partial charge is 0.489 e. The maximum absolute atomic E-state index is 6.05. The van der Waals surface area contributed by atoms with E-state index in [0.717, 1.165) is 42.7 Å². The van der Waals surface area contributed by atoms with Crippen LogP contribution in [-0.2, 0) is 4.74 Å². The fraction of sp³-hybridized carbons (Fsp3) is 0.357. The van der Waals surface area contributed by atoms with E-state index in [-0.39, 0.29) is 6.10 Å². The van der Waals surface area contributed by atoms with Gasteiger partial charge in [-0.2, -0.15) is 0 Å². The highest BCUT2D eigenvalue weighted by Crippen LogP contribution is 2.29. The zero-order valence-corrected chi connectivity index (χ0v) is 10.1. The average molecular weight is 244 g/mol. The third kappa shape index (κ3) is 2.11. The minimum Gasteiger partial charge on any atom is -0.489 e. The lowest BCUT2D eigenvalue weighted by Crippen LogP contribution is -2.25. The van der Waals surface area contributed by atoms with Crippen LogP contribution in [0, 0.1) is 0 Å². The normalized spacial score (nSPS) is 16.9. The lowest BCUT2D eigenvalue weighted by Gasteiger charge is -2.23. The molecule has 0 bridgehead atoms. The van der Waals surface area contributed by atoms with E-state index in [1.807, 2.05) is 24.3 Å². The highest BCUT2D eigenvalue weighted by Gasteiger charge is 2.16. The monoisotopic (exact) mass is 244 g/mol. The topological polar surface area (TPSA) is 57.4 Å². The number of anilines is 1. The first kappa shape index (κ1) is 11.3. The van der Waals surface area contributed by atoms with Crippen molar-refractivity contribution in [1.82, 2.24) is 4.98 Å². The zero-order chi connectivity index (χ0) is 12.4. The van der Waals surface area contributed by atoms with Gasteiger partial charge in [0.25, 0.3) is 0 Å². The van der Waals surface area contributed by atoms with Crippen LogP contribution in [0.2, 0.25) is 0 Å². The summed E-state index contributed by atoms with van der Waals surface area (Å²) in [5, 5.41) is 0.976. The molecule has 4 heteroatoms. The number of aromatic nitrogens is 1. The molecule has 1 aliphatic heterocycles. The average Bonchev–Trinajstić information content (AvgIpc) is 2.41. The van der Waals surface area contributed by atoms with Crippen LogP contribution in [0.4, 0.5) is 5.69 Å². The summed E-state index contributed by atoms with van der Waals surface area (Å²) in [5.41, 5.74) is 7.41. The van der Waals surface area contributed by atoms with E-state index in [0.29, 0.717) is 5.69 Å². The SMILES string of the molecule is Nc1cccc2c(OC3CCOCC3)ccnc12. The number of fused-ring (bicyclic) bond motifs is 1. The molecule has 2 heterocycles. The second-order valence-corrected chi connectivity index (χ2v) is 4.48. The number of para-hydroxylation sites is 1. The molecular formula is C14H16N2O2. The maximum atomic E-state index is 6.05. The Hall–Kier alpha value is -1.81. The van der Waals surface area contributed by atoms with Crippen molar-refractivity contribution in [3.05, 3.63) is 30.5 Å². The Morgan fingerprint density at radius 2 is 2.06 bits per heavy atom. The third-order valence-corrected chi connectivity index (χ3v) is 3.22. The standard InChI is InChI=1S/C14H16N2O2/c15-12-3-1-2-11-13(4-7-16-14(11)12)18-10-5-8-17-9-6-10/h1-4,7,10H,5-6,8-9,15H2. The Morgan fingerprint density at radius 3 is 2.89 bits per heavy atom. The van der Waals surface area contributed by atoms with Gasteiger partial charge in [-0.15, -0.1) is 0 Å². The summed E-state index contributed by atoms with van der Waals surface area (Å²) in [6.45, 7) is 1.55. The van der Waals surface area contributed by atoms with Gasteiger partial charge in [0.1, 0.15) is 11.9 Å². The fourth-order valence-corrected chi connectivity index (χ4v) is 2.25. The van der Waals surface area contributed by atoms with Crippen molar-refractivity contribution in [3.8, 4) is 5.75 Å². The van der Waals surface area contributed by atoms with Crippen LogP contribution in [0.3, 0.4) is 0 Å². The van der Waals surface area contributed by atoms with Gasteiger partial charge in [0.05, 0.1) is 24.4 Å². The van der Waals surface area contributed by atoms with Crippen molar-refractivity contribution in [2.75, 3.05) is 18.9 Å². The quantitative estimate of drug-likeness (QED) is 0.824. The summed E-state index contributed by atoms with van der Waals surface area (Å²) in [4.78, 5) is 4.30. The van der Waals surface area contributed by atoms with Crippen LogP contribution in [0.1, 0.15) is 12.8 Å². The molecule has 0 radical (unpaired) electrons. The molecule has 18 heavy (non-hydrogen) atoms. The first-order valence-electron chi connectivity index (χ1n) is 6.22. The zero-order valence-electron chi connectivity index (χ0n) is 10.1. The third-order valence-electron chi connectivity index (χ3n) is 3.22. The Balaban J connectivity index is 1.93. The predicted molar refractivity (Wildman–Crippen MR) is 70.6 cm³/mol. The van der Waals surface area contributed by atoms with E-state index in [1.165, 1.54) is 0 Å². The number of nitrogens with two attached hydrogens (primary N) is 1. The number of nitrogens with zero attached hydrogens (tertiary/aromatic N) is 1. The molecule has 2 N–H and O–H groups in total. The van der Waals surface area contributed by atoms with Crippen molar-refractivity contribution in [3.63, 3.8) is 0 Å². The first-order chi connectivity index (χ1) is 8.84. The van der Waals surface area contributed by atoms with Crippen LogP contribution in [0.25, 0.3) is 10.9 Å². The summed E-state index contributed by atoms with van der Waals surface area (Å²) in [5.74, 6) is 0.860. The van der Waals surface area contributed by atoms with Gasteiger partial charge in [0, 0.05) is 24.4 Å². The van der Waals surface area contributed by atoms with Crippen LogP contribution in [0.5, 0.6) is 5.75 Å². The molecule has 1 aromatic heterocycles. The lowest BCUT2D eigenvalue weighted by molar-refractivity contribution is 0.0261. The summed E-state index contributed by atoms with van der Waals surface area (Å²) in [6.07, 6.45) is 3.84. The molecule has 94 valence electrons. The minimum absolute atomic E-state index is 0.228. The van der Waals surface area contributed by atoms with E-state index in [1.54, 1.807) is 6.20 Å². The van der Waals surface area contributed by atoms with Crippen molar-refractivity contribution in [1.29, 1.82) is 0 Å². The number of ether oxygens (including phenoxy) is 2. The van der Waals surface area contributed by atoms with Gasteiger partial charge >= 0.3 is 0 Å². The molecule has 1 fully saturated rings. The molecular weight excluding hydrogens is 228 g/mol. The van der Waals surface area contributed by atoms with Gasteiger partial charge < -0.3 is 15.2 Å². The van der Waals surface area contributed by atoms with Crippen molar-refractivity contribution < 1.29 is 9.47 Å². The molecule has 2 aromatic rings. The number of hydrogen-bond acceptors (Lipinski definition) is 4. The van der Waals surface area contributed by atoms with Crippen LogP contribution >= 0.6 is 0 Å². The Bertz CT molecular complexity index is 550. The molecule has 0 aliphatic carbocycles. The molecule has 0 unspecified atom stereocenters. The number of pyridine rings is 1. The van der Waals surface area contributed by atoms with Gasteiger partial charge in [0.2, 0.25) is 0 Å². The van der Waals surface area contributed by atoms with Crippen LogP contribution < -0.4 is 10.5 Å². The van der Waals surface area contributed by atoms with Gasteiger partial charge in [-0.25, -0.2) is 0 Å². The smallest absolute Gasteiger partial charge is 0.130 e. The number of hydrogen-bond donors (Lipinski definition) is 1. The summed E-state index contributed by atoms with van der Waals surface area (Å²) < 4.78 is 11.4. The minimum atomic E-state index is 0.228. The van der Waals surface area contributed by atoms with E-state index in [2.05, 4.69) is 4.98 Å². The molecule has 3 rings (SSSR count). The highest BCUT2D eigenvalue weighted by atomic mass is 16.5. The molecule has 1 aromatic carbocycles. The molecule has 0 atom stereocenters. The van der Waals surface area contributed by atoms with Gasteiger partial charge in [0.15, 0.2) is 0 Å². The fourth-order valence-electron chi connectivity index (χ4n) is 2.25. The van der Waals surface area contributed by atoms with Crippen LogP contribution in [-0.4, -0.2) is 24.3 Å².